The lowest BCUT2D eigenvalue weighted by atomic mass is 9.73. The molecule has 2 spiro atoms. The molecule has 2 aromatic rings. The first-order chi connectivity index (χ1) is 38.6. The van der Waals surface area contributed by atoms with Crippen LogP contribution in [0.5, 0.6) is 0 Å². The number of amides is 2. The molecule has 6 heterocycles. The molecule has 8 rings (SSSR count). The largest absolute Gasteiger partial charge is 0.481 e. The first kappa shape index (κ1) is 64.2. The van der Waals surface area contributed by atoms with Crippen molar-refractivity contribution in [3.8, 4) is 0 Å². The van der Waals surface area contributed by atoms with Crippen molar-refractivity contribution < 1.29 is 118 Å². The van der Waals surface area contributed by atoms with Crippen molar-refractivity contribution in [2.45, 2.75) is 145 Å². The van der Waals surface area contributed by atoms with Crippen LogP contribution in [0.25, 0.3) is 0 Å². The summed E-state index contributed by atoms with van der Waals surface area (Å²) in [5.74, 6) is -2.60. The molecule has 3 unspecified atom stereocenters. The number of aliphatic carboxylic acids is 2. The number of rotatable bonds is 12. The summed E-state index contributed by atoms with van der Waals surface area (Å²) in [7, 11) is 0. The van der Waals surface area contributed by atoms with E-state index in [-0.39, 0.29) is 126 Å². The van der Waals surface area contributed by atoms with Gasteiger partial charge in [-0.3, -0.25) is 19.4 Å². The van der Waals surface area contributed by atoms with Crippen molar-refractivity contribution in [3.63, 3.8) is 0 Å². The van der Waals surface area contributed by atoms with Gasteiger partial charge in [-0.25, -0.2) is 9.59 Å². The maximum atomic E-state index is 14.6. The second-order valence-electron chi connectivity index (χ2n) is 23.4. The third kappa shape index (κ3) is 13.7. The predicted octanol–water partition coefficient (Wildman–Crippen LogP) is 11.7. The minimum atomic E-state index is -6.03. The first-order valence-electron chi connectivity index (χ1n) is 26.6. The summed E-state index contributed by atoms with van der Waals surface area (Å²) >= 11 is 0. The summed E-state index contributed by atoms with van der Waals surface area (Å²) in [6, 6.07) is 5.03. The van der Waals surface area contributed by atoms with Gasteiger partial charge in [0, 0.05) is 94.9 Å². The van der Waals surface area contributed by atoms with E-state index in [1.54, 1.807) is 4.90 Å². The Morgan fingerprint density at radius 1 is 0.571 bits per heavy atom. The average molecular weight is 1240 g/mol. The molecule has 3 atom stereocenters. The average Bonchev–Trinajstić information content (AvgIpc) is 3.30. The number of carbonyl (C=O) groups excluding carboxylic acids is 2. The number of nitrogens with zero attached hydrogens (tertiary/aromatic N) is 6. The number of anilines is 2. The first-order valence-corrected chi connectivity index (χ1v) is 26.6. The predicted molar refractivity (Wildman–Crippen MR) is 257 cm³/mol. The van der Waals surface area contributed by atoms with E-state index in [4.69, 9.17) is 0 Å². The molecular weight excluding hydrogens is 1180 g/mol. The summed E-state index contributed by atoms with van der Waals surface area (Å²) in [5, 5.41) is 21.1. The number of hydrogen-bond donors (Lipinski definition) is 2. The van der Waals surface area contributed by atoms with Crippen LogP contribution in [0.2, 0.25) is 0 Å². The minimum absolute atomic E-state index is 0.00885. The monoisotopic (exact) mass is 1240 g/mol. The van der Waals surface area contributed by atoms with Crippen LogP contribution in [0, 0.1) is 16.2 Å². The van der Waals surface area contributed by atoms with Crippen LogP contribution in [0.4, 0.5) is 100.0 Å². The van der Waals surface area contributed by atoms with Crippen LogP contribution < -0.4 is 9.80 Å². The SMILES string of the molecule is CC1(C(=O)O)CCN(c2cc(CN3CC4(CCN(C(=O)OC(C(F)(F)F)C(F)(F)F)CC4)CC3CC3(C(=O)O)CCN(c4cc(C(F)(F)F)ccc4CN4CCCC45CCN(C(=O)OC(C(F)(F)F)C(F)(F)F)CC5)C3)cc(C(F)(F)F)c2)C1. The van der Waals surface area contributed by atoms with E-state index < -0.39 is 132 Å². The Hall–Kier alpha value is -5.82. The number of carboxylic acids is 2. The Bertz CT molecular complexity index is 2750. The minimum Gasteiger partial charge on any atom is -0.481 e. The van der Waals surface area contributed by atoms with Gasteiger partial charge in [-0.15, -0.1) is 0 Å². The Morgan fingerprint density at radius 2 is 1.11 bits per heavy atom. The van der Waals surface area contributed by atoms with E-state index in [2.05, 4.69) is 9.47 Å². The molecule has 6 saturated heterocycles. The molecule has 0 bridgehead atoms. The third-order valence-corrected chi connectivity index (χ3v) is 17.7. The molecule has 470 valence electrons. The van der Waals surface area contributed by atoms with Crippen molar-refractivity contribution in [1.82, 2.24) is 19.6 Å². The Morgan fingerprint density at radius 3 is 1.61 bits per heavy atom. The van der Waals surface area contributed by atoms with Gasteiger partial charge in [-0.2, -0.15) is 79.0 Å². The highest BCUT2D eigenvalue weighted by Gasteiger charge is 2.62. The quantitative estimate of drug-likeness (QED) is 0.195. The highest BCUT2D eigenvalue weighted by atomic mass is 19.4. The number of halogens is 18. The smallest absolute Gasteiger partial charge is 0.434 e. The second-order valence-corrected chi connectivity index (χ2v) is 23.4. The van der Waals surface area contributed by atoms with E-state index in [1.807, 2.05) is 4.90 Å². The highest BCUT2D eigenvalue weighted by molar-refractivity contribution is 5.78. The standard InChI is InChI=1S/C52H58F18N6O8/c1-43(39(77)78)6-13-73(27-43)34-20-30(19-33(21-34)48(56,57)58)25-75-28-44(7-14-71(15-8-44)41(81)83-37(49(59,60)61)50(62,63)64)23-35(75)24-45(40(79)80)9-16-74(29-45)36-22-32(47(53,54)55)4-3-31(36)26-76-12-2-5-46(76)10-17-72(18-11-46)42(82)84-38(51(65,66)67)52(68,69)70/h3-4,19-22,35,37-38H,2,5-18,23-29H2,1H3,(H,77,78)(H,79,80). The topological polar surface area (TPSA) is 147 Å². The van der Waals surface area contributed by atoms with Gasteiger partial charge in [0.25, 0.3) is 12.2 Å². The van der Waals surface area contributed by atoms with Gasteiger partial charge < -0.3 is 39.3 Å². The molecule has 0 saturated carbocycles. The molecule has 2 amide bonds. The lowest BCUT2D eigenvalue weighted by molar-refractivity contribution is -0.309. The van der Waals surface area contributed by atoms with E-state index in [1.165, 1.54) is 28.9 Å². The van der Waals surface area contributed by atoms with E-state index >= 15 is 0 Å². The molecule has 14 nitrogen and oxygen atoms in total. The molecule has 0 radical (unpaired) electrons. The fraction of sp³-hybridized carbons (Fsp3) is 0.692. The van der Waals surface area contributed by atoms with Crippen LogP contribution in [0.15, 0.2) is 36.4 Å². The number of piperidine rings is 2. The van der Waals surface area contributed by atoms with Gasteiger partial charge in [-0.05, 0) is 125 Å². The zero-order valence-electron chi connectivity index (χ0n) is 44.6. The lowest BCUT2D eigenvalue weighted by Gasteiger charge is -2.45. The maximum Gasteiger partial charge on any atom is 0.434 e. The molecule has 0 aliphatic carbocycles. The molecule has 6 aliphatic heterocycles. The van der Waals surface area contributed by atoms with E-state index in [9.17, 15) is 108 Å². The second kappa shape index (κ2) is 22.5. The summed E-state index contributed by atoms with van der Waals surface area (Å²) in [4.78, 5) is 59.1. The van der Waals surface area contributed by atoms with Crippen LogP contribution in [-0.4, -0.2) is 168 Å². The third-order valence-electron chi connectivity index (χ3n) is 17.7. The molecular formula is C52H58F18N6O8. The molecule has 0 aromatic heterocycles. The van der Waals surface area contributed by atoms with Crippen LogP contribution >= 0.6 is 0 Å². The zero-order valence-corrected chi connectivity index (χ0v) is 44.6. The zero-order chi connectivity index (χ0) is 62.2. The number of hydrogen-bond acceptors (Lipinski definition) is 10. The summed E-state index contributed by atoms with van der Waals surface area (Å²) in [6.07, 6.45) is -46.3. The van der Waals surface area contributed by atoms with Crippen molar-refractivity contribution in [2.75, 3.05) is 75.2 Å². The summed E-state index contributed by atoms with van der Waals surface area (Å²) < 4.78 is 255. The molecule has 84 heavy (non-hydrogen) atoms. The van der Waals surface area contributed by atoms with Crippen LogP contribution in [-0.2, 0) is 44.5 Å². The number of carbonyl (C=O) groups is 4. The van der Waals surface area contributed by atoms with Gasteiger partial charge in [0.1, 0.15) is 0 Å². The molecule has 6 fully saturated rings. The fourth-order valence-corrected chi connectivity index (χ4v) is 13.1. The normalized spacial score (nSPS) is 24.8. The molecule has 2 N–H and O–H groups in total. The van der Waals surface area contributed by atoms with E-state index in [0.29, 0.717) is 29.2 Å². The van der Waals surface area contributed by atoms with Crippen LogP contribution in [0.1, 0.15) is 93.4 Å². The molecule has 32 heteroatoms. The Balaban J connectivity index is 1.06. The van der Waals surface area contributed by atoms with Gasteiger partial charge in [0.05, 0.1) is 22.0 Å². The van der Waals surface area contributed by atoms with Crippen molar-refractivity contribution >= 4 is 35.5 Å². The maximum absolute atomic E-state index is 14.6. The number of benzene rings is 2. The number of likely N-dealkylation sites (tertiary alicyclic amines) is 4. The van der Waals surface area contributed by atoms with Crippen molar-refractivity contribution in [3.05, 3.63) is 58.7 Å². The number of ether oxygens (including phenoxy) is 2. The highest BCUT2D eigenvalue weighted by Crippen LogP contribution is 2.51. The Labute approximate surface area is 467 Å². The Kier molecular flexibility index (Phi) is 17.2. The van der Waals surface area contributed by atoms with Crippen molar-refractivity contribution in [1.29, 1.82) is 0 Å². The van der Waals surface area contributed by atoms with Gasteiger partial charge in [0.15, 0.2) is 0 Å². The summed E-state index contributed by atoms with van der Waals surface area (Å²) in [6.45, 7) is -1.09. The van der Waals surface area contributed by atoms with E-state index in [0.717, 1.165) is 24.3 Å². The molecule has 2 aromatic carbocycles. The van der Waals surface area contributed by atoms with Gasteiger partial charge >= 0.3 is 61.2 Å². The summed E-state index contributed by atoms with van der Waals surface area (Å²) in [5.41, 5.74) is -6.97. The van der Waals surface area contributed by atoms with Crippen LogP contribution in [0.3, 0.4) is 0 Å². The van der Waals surface area contributed by atoms with Gasteiger partial charge in [0.2, 0.25) is 0 Å². The van der Waals surface area contributed by atoms with Gasteiger partial charge in [-0.1, -0.05) is 6.07 Å². The molecule has 6 aliphatic rings. The fourth-order valence-electron chi connectivity index (χ4n) is 13.1. The lowest BCUT2D eigenvalue weighted by Crippen LogP contribution is -2.54. The number of carboxylic acid groups (broad SMARTS) is 2. The van der Waals surface area contributed by atoms with Crippen molar-refractivity contribution in [2.24, 2.45) is 16.2 Å². The number of alkyl halides is 18.